The Morgan fingerprint density at radius 2 is 1.96 bits per heavy atom. The molecule has 54 heavy (non-hydrogen) atoms. The molecule has 3 aromatic rings. The van der Waals surface area contributed by atoms with Gasteiger partial charge in [0.2, 0.25) is 6.20 Å². The van der Waals surface area contributed by atoms with Gasteiger partial charge in [0.05, 0.1) is 18.6 Å². The van der Waals surface area contributed by atoms with E-state index in [1.54, 1.807) is 29.2 Å². The van der Waals surface area contributed by atoms with Gasteiger partial charge < -0.3 is 35.9 Å². The van der Waals surface area contributed by atoms with Crippen molar-refractivity contribution in [3.63, 3.8) is 0 Å². The fourth-order valence-corrected chi connectivity index (χ4v) is 7.15. The number of aromatic nitrogens is 3. The van der Waals surface area contributed by atoms with Gasteiger partial charge in [-0.2, -0.15) is 18.2 Å². The van der Waals surface area contributed by atoms with Crippen molar-refractivity contribution in [2.45, 2.75) is 70.9 Å². The third-order valence-corrected chi connectivity index (χ3v) is 10.2. The van der Waals surface area contributed by atoms with Crippen molar-refractivity contribution >= 4 is 62.0 Å². The molecule has 1 aromatic carbocycles. The molecular formula is C32H40N9O11S2+. The van der Waals surface area contributed by atoms with Gasteiger partial charge >= 0.3 is 16.4 Å². The summed E-state index contributed by atoms with van der Waals surface area (Å²) in [5.74, 6) is -2.82. The summed E-state index contributed by atoms with van der Waals surface area (Å²) in [6, 6.07) is 5.22. The predicted octanol–water partition coefficient (Wildman–Crippen LogP) is 0.0871. The number of hydrogen-bond donors (Lipinski definition) is 5. The number of nitrogen functional groups attached to an aromatic ring is 1. The lowest BCUT2D eigenvalue weighted by molar-refractivity contribution is -0.781. The number of fused-ring (bicyclic) bond motifs is 1. The summed E-state index contributed by atoms with van der Waals surface area (Å²) >= 11 is 0.951. The van der Waals surface area contributed by atoms with Gasteiger partial charge in [0, 0.05) is 30.1 Å². The largest absolute Gasteiger partial charge is 0.489 e. The maximum atomic E-state index is 13.5. The van der Waals surface area contributed by atoms with E-state index < -0.39 is 58.2 Å². The van der Waals surface area contributed by atoms with Crippen LogP contribution in [0.1, 0.15) is 55.4 Å². The van der Waals surface area contributed by atoms with Crippen LogP contribution in [0.25, 0.3) is 0 Å². The standard InChI is InChI=1S/C32H39N9O11S2/c1-4-5-10-40-23-15-39(28(43)21(23)14-38(40)13-18-11-34-12-18)19-6-8-20(9-7-19)50-16-24(30(45)46)51-37-25(22-17-53-31(33)35-22)27(42)36-26-29(44)41(32(26,2)3)52-54(47,48)49/h6-9,14,17-18,24,26,34H,4-5,10-13,15-16H2,1-3H3,(H4-,33,35,36,42,45,46,47,48,49)/p+1/b37-25-/t24-,26+/m0/s1. The number of carboxylic acids is 1. The number of amides is 3. The van der Waals surface area contributed by atoms with Gasteiger partial charge in [0.25, 0.3) is 23.8 Å². The van der Waals surface area contributed by atoms with Crippen molar-refractivity contribution in [3.05, 3.63) is 52.8 Å². The zero-order valence-electron chi connectivity index (χ0n) is 29.5. The van der Waals surface area contributed by atoms with E-state index in [2.05, 4.69) is 41.3 Å². The first-order valence-electron chi connectivity index (χ1n) is 16.9. The van der Waals surface area contributed by atoms with Crippen LogP contribution in [0.15, 0.2) is 41.0 Å². The van der Waals surface area contributed by atoms with Gasteiger partial charge in [0.15, 0.2) is 17.4 Å². The number of thiazole rings is 1. The number of ether oxygens (including phenoxy) is 1. The van der Waals surface area contributed by atoms with E-state index in [0.717, 1.165) is 56.1 Å². The first-order valence-corrected chi connectivity index (χ1v) is 19.2. The molecule has 0 radical (unpaired) electrons. The Labute approximate surface area is 313 Å². The minimum Gasteiger partial charge on any atom is -0.489 e. The second kappa shape index (κ2) is 15.3. The van der Waals surface area contributed by atoms with Crippen molar-refractivity contribution in [1.82, 2.24) is 25.4 Å². The number of carbonyl (C=O) groups is 4. The Balaban J connectivity index is 1.10. The maximum absolute atomic E-state index is 13.5. The number of β-lactam (4-membered cyclic amide) rings is 1. The van der Waals surface area contributed by atoms with E-state index in [1.807, 2.05) is 6.20 Å². The number of hydrogen-bond acceptors (Lipinski definition) is 14. The molecule has 0 unspecified atom stereocenters. The zero-order valence-corrected chi connectivity index (χ0v) is 31.1. The number of carboxylic acid groups (broad SMARTS) is 1. The number of hydroxylamine groups is 2. The van der Waals surface area contributed by atoms with Gasteiger partial charge in [0.1, 0.15) is 35.3 Å². The van der Waals surface area contributed by atoms with Crippen molar-refractivity contribution in [2.75, 3.05) is 30.3 Å². The quantitative estimate of drug-likeness (QED) is 0.0399. The number of nitrogens with zero attached hydrogens (tertiary/aromatic N) is 6. The average molecular weight is 791 g/mol. The van der Waals surface area contributed by atoms with E-state index in [4.69, 9.17) is 19.9 Å². The number of anilines is 2. The molecule has 0 saturated carbocycles. The highest BCUT2D eigenvalue weighted by atomic mass is 32.3. The minimum absolute atomic E-state index is 0.0477. The summed E-state index contributed by atoms with van der Waals surface area (Å²) in [6.07, 6.45) is 2.23. The molecule has 2 aromatic heterocycles. The molecule has 0 spiro atoms. The van der Waals surface area contributed by atoms with Gasteiger partial charge in [-0.3, -0.25) is 18.9 Å². The molecule has 2 fully saturated rings. The van der Waals surface area contributed by atoms with E-state index in [9.17, 15) is 32.7 Å². The molecular weight excluding hydrogens is 751 g/mol. The lowest BCUT2D eigenvalue weighted by Crippen LogP contribution is -2.76. The van der Waals surface area contributed by atoms with Crippen LogP contribution in [0, 0.1) is 5.92 Å². The molecule has 6 N–H and O–H groups in total. The zero-order chi connectivity index (χ0) is 38.9. The summed E-state index contributed by atoms with van der Waals surface area (Å²) in [7, 11) is -5.03. The van der Waals surface area contributed by atoms with Crippen LogP contribution in [-0.2, 0) is 53.5 Å². The molecule has 2 atom stereocenters. The predicted molar refractivity (Wildman–Crippen MR) is 189 cm³/mol. The second-order valence-electron chi connectivity index (χ2n) is 13.4. The van der Waals surface area contributed by atoms with E-state index >= 15 is 0 Å². The molecule has 3 aliphatic heterocycles. The van der Waals surface area contributed by atoms with Crippen LogP contribution in [0.2, 0.25) is 0 Å². The summed E-state index contributed by atoms with van der Waals surface area (Å²) in [5, 5.41) is 21.0. The summed E-state index contributed by atoms with van der Waals surface area (Å²) in [4.78, 5) is 62.4. The fraction of sp³-hybridized carbons (Fsp3) is 0.469. The number of carbonyl (C=O) groups excluding carboxylic acids is 3. The normalized spacial score (nSPS) is 18.9. The molecule has 3 amide bonds. The minimum atomic E-state index is -5.03. The molecule has 20 nitrogen and oxygen atoms in total. The average Bonchev–Trinajstić information content (AvgIpc) is 3.77. The third-order valence-electron chi connectivity index (χ3n) is 9.23. The molecule has 2 saturated heterocycles. The number of benzene rings is 1. The second-order valence-corrected chi connectivity index (χ2v) is 15.3. The highest BCUT2D eigenvalue weighted by Crippen LogP contribution is 2.33. The van der Waals surface area contributed by atoms with Crippen LogP contribution in [0.4, 0.5) is 10.8 Å². The van der Waals surface area contributed by atoms with Crippen molar-refractivity contribution in [2.24, 2.45) is 11.1 Å². The molecule has 0 bridgehead atoms. The van der Waals surface area contributed by atoms with Gasteiger partial charge in [-0.15, -0.1) is 20.3 Å². The first kappa shape index (κ1) is 38.6. The summed E-state index contributed by atoms with van der Waals surface area (Å²) in [6.45, 7) is 8.29. The molecule has 290 valence electrons. The van der Waals surface area contributed by atoms with Gasteiger partial charge in [-0.05, 0) is 44.5 Å². The SMILES string of the molecule is CCCCn1c2c(c[n+]1CC1CNC1)C(=O)N(c1ccc(OC[C@H](O/N=C(\C(=O)N[C@@H]3C(=O)N(OS(=O)(=O)O)C3(C)C)c3csc(N)n3)C(=O)O)cc1)C2. The molecule has 6 rings (SSSR count). The Morgan fingerprint density at radius 1 is 1.24 bits per heavy atom. The van der Waals surface area contributed by atoms with Crippen LogP contribution in [0.3, 0.4) is 0 Å². The highest BCUT2D eigenvalue weighted by molar-refractivity contribution is 7.80. The van der Waals surface area contributed by atoms with Gasteiger partial charge in [-0.25, -0.2) is 9.78 Å². The number of nitrogens with one attached hydrogen (secondary N) is 2. The fourth-order valence-electron chi connectivity index (χ4n) is 6.15. The van der Waals surface area contributed by atoms with Crippen molar-refractivity contribution < 1.29 is 55.8 Å². The molecule has 5 heterocycles. The van der Waals surface area contributed by atoms with E-state index in [0.29, 0.717) is 28.8 Å². The van der Waals surface area contributed by atoms with Crippen molar-refractivity contribution in [1.29, 1.82) is 0 Å². The van der Waals surface area contributed by atoms with Crippen LogP contribution >= 0.6 is 11.3 Å². The van der Waals surface area contributed by atoms with E-state index in [-0.39, 0.29) is 22.5 Å². The number of nitrogens with two attached hydrogens (primary N) is 1. The smallest absolute Gasteiger partial charge is 0.418 e. The van der Waals surface area contributed by atoms with Crippen LogP contribution in [-0.4, -0.2) is 99.6 Å². The molecule has 22 heteroatoms. The lowest BCUT2D eigenvalue weighted by atomic mass is 9.84. The van der Waals surface area contributed by atoms with E-state index in [1.165, 1.54) is 19.2 Å². The third kappa shape index (κ3) is 8.01. The number of rotatable bonds is 17. The highest BCUT2D eigenvalue weighted by Gasteiger charge is 2.58. The van der Waals surface area contributed by atoms with Crippen LogP contribution in [0.5, 0.6) is 5.75 Å². The Morgan fingerprint density at radius 3 is 2.54 bits per heavy atom. The van der Waals surface area contributed by atoms with Gasteiger partial charge in [-0.1, -0.05) is 18.5 Å². The monoisotopic (exact) mass is 790 g/mol. The molecule has 0 aliphatic carbocycles. The topological polar surface area (TPSA) is 261 Å². The lowest BCUT2D eigenvalue weighted by Gasteiger charge is -2.50. The number of oxime groups is 1. The number of aliphatic carboxylic acids is 1. The van der Waals surface area contributed by atoms with Crippen molar-refractivity contribution in [3.8, 4) is 5.75 Å². The van der Waals surface area contributed by atoms with Crippen LogP contribution < -0.4 is 30.7 Å². The Kier molecular flexibility index (Phi) is 10.9. The number of unbranched alkanes of at least 4 members (excludes halogenated alkanes) is 1. The maximum Gasteiger partial charge on any atom is 0.418 e. The molecule has 3 aliphatic rings. The Bertz CT molecular complexity index is 2080. The Hall–Kier alpha value is -5.16. The summed E-state index contributed by atoms with van der Waals surface area (Å²) in [5.41, 5.74) is 5.91. The first-order chi connectivity index (χ1) is 25.6. The summed E-state index contributed by atoms with van der Waals surface area (Å²) < 4.78 is 45.6.